The molecular weight excluding hydrogens is 248 g/mol. The van der Waals surface area contributed by atoms with Gasteiger partial charge >= 0.3 is 12.0 Å². The lowest BCUT2D eigenvalue weighted by Gasteiger charge is -2.26. The minimum atomic E-state index is -0.765. The van der Waals surface area contributed by atoms with Gasteiger partial charge in [-0.25, -0.2) is 4.79 Å². The van der Waals surface area contributed by atoms with Crippen molar-refractivity contribution in [3.8, 4) is 0 Å². The van der Waals surface area contributed by atoms with Crippen LogP contribution in [0.4, 0.5) is 4.79 Å². The van der Waals surface area contributed by atoms with Crippen molar-refractivity contribution < 1.29 is 19.4 Å². The Balaban J connectivity index is 2.11. The van der Waals surface area contributed by atoms with Gasteiger partial charge in [-0.05, 0) is 26.2 Å². The predicted molar refractivity (Wildman–Crippen MR) is 71.1 cm³/mol. The number of likely N-dealkylation sites (N-methyl/N-ethyl adjacent to an activating group) is 1. The molecule has 1 heterocycles. The van der Waals surface area contributed by atoms with E-state index in [9.17, 15) is 9.59 Å². The number of urea groups is 1. The minimum Gasteiger partial charge on any atom is -0.481 e. The SMILES string of the molecule is CC1OCCC1N(C)C(=O)NCCCCCC(=O)O. The smallest absolute Gasteiger partial charge is 0.317 e. The number of hydrogen-bond donors (Lipinski definition) is 2. The first kappa shape index (κ1) is 15.8. The third-order valence-corrected chi connectivity index (χ3v) is 3.50. The molecule has 1 aliphatic heterocycles. The molecule has 0 saturated carbocycles. The molecule has 2 N–H and O–H groups in total. The molecule has 2 unspecified atom stereocenters. The monoisotopic (exact) mass is 272 g/mol. The van der Waals surface area contributed by atoms with Crippen molar-refractivity contribution in [2.75, 3.05) is 20.2 Å². The molecule has 1 saturated heterocycles. The first-order valence-electron chi connectivity index (χ1n) is 6.86. The Kier molecular flexibility index (Phi) is 6.62. The van der Waals surface area contributed by atoms with E-state index in [0.29, 0.717) is 19.6 Å². The summed E-state index contributed by atoms with van der Waals surface area (Å²) >= 11 is 0. The van der Waals surface area contributed by atoms with Crippen molar-refractivity contribution in [2.45, 2.75) is 51.2 Å². The van der Waals surface area contributed by atoms with E-state index in [1.807, 2.05) is 6.92 Å². The van der Waals surface area contributed by atoms with Crippen LogP contribution >= 0.6 is 0 Å². The highest BCUT2D eigenvalue weighted by atomic mass is 16.5. The van der Waals surface area contributed by atoms with E-state index < -0.39 is 5.97 Å². The second kappa shape index (κ2) is 7.99. The van der Waals surface area contributed by atoms with E-state index in [0.717, 1.165) is 19.3 Å². The molecule has 6 nitrogen and oxygen atoms in total. The van der Waals surface area contributed by atoms with Crippen molar-refractivity contribution in [1.29, 1.82) is 0 Å². The molecular formula is C13H24N2O4. The van der Waals surface area contributed by atoms with Crippen LogP contribution in [0, 0.1) is 0 Å². The van der Waals surface area contributed by atoms with Gasteiger partial charge in [0.05, 0.1) is 12.1 Å². The molecule has 0 radical (unpaired) electrons. The maximum atomic E-state index is 11.9. The van der Waals surface area contributed by atoms with Crippen LogP contribution in [0.2, 0.25) is 0 Å². The second-order valence-electron chi connectivity index (χ2n) is 4.98. The van der Waals surface area contributed by atoms with E-state index in [2.05, 4.69) is 5.32 Å². The topological polar surface area (TPSA) is 78.9 Å². The maximum Gasteiger partial charge on any atom is 0.317 e. The van der Waals surface area contributed by atoms with Crippen molar-refractivity contribution in [1.82, 2.24) is 10.2 Å². The summed E-state index contributed by atoms with van der Waals surface area (Å²) in [6.45, 7) is 3.27. The quantitative estimate of drug-likeness (QED) is 0.688. The zero-order valence-corrected chi connectivity index (χ0v) is 11.7. The first-order valence-corrected chi connectivity index (χ1v) is 6.86. The fourth-order valence-electron chi connectivity index (χ4n) is 2.28. The highest BCUT2D eigenvalue weighted by molar-refractivity contribution is 5.74. The lowest BCUT2D eigenvalue weighted by atomic mass is 10.1. The number of amides is 2. The summed E-state index contributed by atoms with van der Waals surface area (Å²) in [5.41, 5.74) is 0. The largest absolute Gasteiger partial charge is 0.481 e. The van der Waals surface area contributed by atoms with Crippen LogP contribution in [0.15, 0.2) is 0 Å². The summed E-state index contributed by atoms with van der Waals surface area (Å²) in [6.07, 6.45) is 3.46. The second-order valence-corrected chi connectivity index (χ2v) is 4.98. The summed E-state index contributed by atoms with van der Waals surface area (Å²) in [5.74, 6) is -0.765. The molecule has 0 aliphatic carbocycles. The Labute approximate surface area is 114 Å². The molecule has 1 rings (SSSR count). The summed E-state index contributed by atoms with van der Waals surface area (Å²) < 4.78 is 5.44. The van der Waals surface area contributed by atoms with Crippen molar-refractivity contribution >= 4 is 12.0 Å². The van der Waals surface area contributed by atoms with Crippen LogP contribution in [0.25, 0.3) is 0 Å². The Morgan fingerprint density at radius 2 is 2.11 bits per heavy atom. The molecule has 2 atom stereocenters. The van der Waals surface area contributed by atoms with Gasteiger partial charge in [-0.3, -0.25) is 4.79 Å². The lowest BCUT2D eigenvalue weighted by Crippen LogP contribution is -2.46. The number of unbranched alkanes of at least 4 members (excludes halogenated alkanes) is 2. The number of carboxylic acids is 1. The van der Waals surface area contributed by atoms with Gasteiger partial charge in [0.2, 0.25) is 0 Å². The van der Waals surface area contributed by atoms with E-state index in [1.54, 1.807) is 11.9 Å². The molecule has 6 heteroatoms. The van der Waals surface area contributed by atoms with Crippen LogP contribution in [0.3, 0.4) is 0 Å². The molecule has 0 aromatic rings. The highest BCUT2D eigenvalue weighted by Crippen LogP contribution is 2.17. The van der Waals surface area contributed by atoms with Crippen molar-refractivity contribution in [2.24, 2.45) is 0 Å². The number of nitrogens with zero attached hydrogens (tertiary/aromatic N) is 1. The highest BCUT2D eigenvalue weighted by Gasteiger charge is 2.30. The summed E-state index contributed by atoms with van der Waals surface area (Å²) in [4.78, 5) is 23.9. The lowest BCUT2D eigenvalue weighted by molar-refractivity contribution is -0.137. The normalized spacial score (nSPS) is 22.2. The molecule has 19 heavy (non-hydrogen) atoms. The van der Waals surface area contributed by atoms with Gasteiger partial charge < -0.3 is 20.1 Å². The molecule has 0 spiro atoms. The number of ether oxygens (including phenoxy) is 1. The van der Waals surface area contributed by atoms with E-state index >= 15 is 0 Å². The fourth-order valence-corrected chi connectivity index (χ4v) is 2.28. The third-order valence-electron chi connectivity index (χ3n) is 3.50. The van der Waals surface area contributed by atoms with Crippen LogP contribution in [0.5, 0.6) is 0 Å². The van der Waals surface area contributed by atoms with Crippen LogP contribution in [0.1, 0.15) is 39.0 Å². The van der Waals surface area contributed by atoms with Gasteiger partial charge in [0.25, 0.3) is 0 Å². The van der Waals surface area contributed by atoms with Gasteiger partial charge in [0.1, 0.15) is 0 Å². The molecule has 2 amide bonds. The molecule has 0 aromatic heterocycles. The maximum absolute atomic E-state index is 11.9. The molecule has 1 aliphatic rings. The summed E-state index contributed by atoms with van der Waals surface area (Å²) in [6, 6.07) is 0.0626. The van der Waals surface area contributed by atoms with E-state index in [-0.39, 0.29) is 24.6 Å². The van der Waals surface area contributed by atoms with Gasteiger partial charge in [-0.1, -0.05) is 6.42 Å². The Morgan fingerprint density at radius 3 is 2.68 bits per heavy atom. The zero-order chi connectivity index (χ0) is 14.3. The number of rotatable bonds is 7. The number of carbonyl (C=O) groups excluding carboxylic acids is 1. The number of hydrogen-bond acceptors (Lipinski definition) is 3. The average molecular weight is 272 g/mol. The van der Waals surface area contributed by atoms with Crippen LogP contribution < -0.4 is 5.32 Å². The Bertz CT molecular complexity index is 309. The van der Waals surface area contributed by atoms with E-state index in [1.165, 1.54) is 0 Å². The Morgan fingerprint density at radius 1 is 1.37 bits per heavy atom. The zero-order valence-electron chi connectivity index (χ0n) is 11.7. The Hall–Kier alpha value is -1.30. The van der Waals surface area contributed by atoms with Crippen LogP contribution in [-0.4, -0.2) is 54.4 Å². The van der Waals surface area contributed by atoms with Gasteiger partial charge in [-0.15, -0.1) is 0 Å². The fraction of sp³-hybridized carbons (Fsp3) is 0.846. The van der Waals surface area contributed by atoms with Crippen LogP contribution in [-0.2, 0) is 9.53 Å². The molecule has 0 bridgehead atoms. The van der Waals surface area contributed by atoms with Gasteiger partial charge in [-0.2, -0.15) is 0 Å². The molecule has 0 aromatic carbocycles. The van der Waals surface area contributed by atoms with Crippen molar-refractivity contribution in [3.63, 3.8) is 0 Å². The van der Waals surface area contributed by atoms with Gasteiger partial charge in [0.15, 0.2) is 0 Å². The third kappa shape index (κ3) is 5.46. The van der Waals surface area contributed by atoms with E-state index in [4.69, 9.17) is 9.84 Å². The predicted octanol–water partition coefficient (Wildman–Crippen LogP) is 1.45. The summed E-state index contributed by atoms with van der Waals surface area (Å²) in [5, 5.41) is 11.3. The summed E-state index contributed by atoms with van der Waals surface area (Å²) in [7, 11) is 1.79. The number of aliphatic carboxylic acids is 1. The van der Waals surface area contributed by atoms with Crippen molar-refractivity contribution in [3.05, 3.63) is 0 Å². The number of carboxylic acid groups (broad SMARTS) is 1. The standard InChI is InChI=1S/C13H24N2O4/c1-10-11(7-9-19-10)15(2)13(18)14-8-5-3-4-6-12(16)17/h10-11H,3-9H2,1-2H3,(H,14,18)(H,16,17). The minimum absolute atomic E-state index is 0.0828. The van der Waals surface area contributed by atoms with Gasteiger partial charge in [0, 0.05) is 26.6 Å². The molecule has 1 fully saturated rings. The number of nitrogens with one attached hydrogen (secondary N) is 1. The number of carbonyl (C=O) groups is 2. The molecule has 110 valence electrons. The average Bonchev–Trinajstić information content (AvgIpc) is 2.78. The first-order chi connectivity index (χ1) is 9.02.